The summed E-state index contributed by atoms with van der Waals surface area (Å²) in [6, 6.07) is 0. The zero-order valence-corrected chi connectivity index (χ0v) is 21.2. The third kappa shape index (κ3) is 4.06. The molecule has 4 rings (SSSR count). The normalized spacial score (nSPS) is 47.9. The van der Waals surface area contributed by atoms with Gasteiger partial charge in [-0.05, 0) is 116 Å². The molecule has 0 heterocycles. The average molecular weight is 431 g/mol. The molecule has 0 spiro atoms. The Morgan fingerprint density at radius 2 is 1.77 bits per heavy atom. The first-order chi connectivity index (χ1) is 14.7. The Labute approximate surface area is 192 Å². The molecule has 0 aliphatic heterocycles. The molecule has 0 aromatic rings. The minimum absolute atomic E-state index is 0.141. The van der Waals surface area contributed by atoms with E-state index < -0.39 is 0 Å². The second kappa shape index (κ2) is 9.11. The van der Waals surface area contributed by atoms with Crippen LogP contribution < -0.4 is 0 Å². The van der Waals surface area contributed by atoms with Crippen LogP contribution in [0.1, 0.15) is 112 Å². The first kappa shape index (κ1) is 23.8. The Bertz CT molecular complexity index is 643. The van der Waals surface area contributed by atoms with Crippen molar-refractivity contribution in [3.8, 4) is 0 Å². The third-order valence-electron chi connectivity index (χ3n) is 11.8. The summed E-state index contributed by atoms with van der Waals surface area (Å²) in [6.45, 7) is 13.0. The predicted octanol–water partition coefficient (Wildman–Crippen LogP) is 7.29. The lowest BCUT2D eigenvalue weighted by Crippen LogP contribution is -2.56. The van der Waals surface area contributed by atoms with Crippen LogP contribution in [0.5, 0.6) is 0 Å². The van der Waals surface area contributed by atoms with E-state index >= 15 is 0 Å². The van der Waals surface area contributed by atoms with Gasteiger partial charge in [-0.15, -0.1) is 0 Å². The lowest BCUT2D eigenvalue weighted by Gasteiger charge is -2.63. The second-order valence-corrected chi connectivity index (χ2v) is 13.1. The van der Waals surface area contributed by atoms with Gasteiger partial charge in [0.1, 0.15) is 5.78 Å². The van der Waals surface area contributed by atoms with E-state index in [2.05, 4.69) is 34.6 Å². The Hall–Kier alpha value is -0.370. The van der Waals surface area contributed by atoms with Crippen LogP contribution in [0.3, 0.4) is 0 Å². The molecule has 0 radical (unpaired) electrons. The zero-order chi connectivity index (χ0) is 22.4. The van der Waals surface area contributed by atoms with Crippen LogP contribution in [0, 0.1) is 58.2 Å². The minimum Gasteiger partial charge on any atom is -0.396 e. The summed E-state index contributed by atoms with van der Waals surface area (Å²) in [6.07, 6.45) is 14.6. The number of carbonyl (C=O) groups excluding carboxylic acids is 1. The predicted molar refractivity (Wildman–Crippen MR) is 129 cm³/mol. The van der Waals surface area contributed by atoms with Crippen molar-refractivity contribution in [1.82, 2.24) is 0 Å². The molecule has 2 nitrogen and oxygen atoms in total. The van der Waals surface area contributed by atoms with Crippen molar-refractivity contribution in [3.63, 3.8) is 0 Å². The molecule has 31 heavy (non-hydrogen) atoms. The van der Waals surface area contributed by atoms with E-state index in [9.17, 15) is 4.79 Å². The van der Waals surface area contributed by atoms with Gasteiger partial charge in [-0.25, -0.2) is 0 Å². The van der Waals surface area contributed by atoms with Crippen LogP contribution in [0.2, 0.25) is 0 Å². The maximum atomic E-state index is 12.2. The fourth-order valence-electron chi connectivity index (χ4n) is 9.77. The SMILES string of the molecule is CC1CCC2(C)C(CCC3C2CC(C)C2(C)C(C(C)CCC(=O)CCCO)CCC32)C1. The molecule has 0 bridgehead atoms. The molecule has 10 unspecified atom stereocenters. The summed E-state index contributed by atoms with van der Waals surface area (Å²) >= 11 is 0. The molecule has 0 aromatic carbocycles. The quantitative estimate of drug-likeness (QED) is 0.460. The molecular weight excluding hydrogens is 380 g/mol. The van der Waals surface area contributed by atoms with Gasteiger partial charge in [0.25, 0.3) is 0 Å². The van der Waals surface area contributed by atoms with Gasteiger partial charge in [0.2, 0.25) is 0 Å². The van der Waals surface area contributed by atoms with Gasteiger partial charge in [-0.2, -0.15) is 0 Å². The molecule has 178 valence electrons. The summed E-state index contributed by atoms with van der Waals surface area (Å²) in [4.78, 5) is 12.2. The van der Waals surface area contributed by atoms with E-state index in [1.165, 1.54) is 51.4 Å². The number of carbonyl (C=O) groups is 1. The summed E-state index contributed by atoms with van der Waals surface area (Å²) in [5.74, 6) is 7.36. The first-order valence-electron chi connectivity index (χ1n) is 13.8. The number of ketones is 1. The van der Waals surface area contributed by atoms with Crippen molar-refractivity contribution < 1.29 is 9.90 Å². The molecule has 0 aromatic heterocycles. The maximum absolute atomic E-state index is 12.2. The van der Waals surface area contributed by atoms with Crippen LogP contribution in [-0.2, 0) is 4.79 Å². The van der Waals surface area contributed by atoms with Gasteiger partial charge >= 0.3 is 0 Å². The standard InChI is InChI=1S/C29H50O2/c1-19-14-15-28(4)22(17-19)9-11-24-26-13-12-25(29(26,5)21(3)18-27(24)28)20(2)8-10-23(31)7-6-16-30/h19-22,24-27,30H,6-18H2,1-5H3. The van der Waals surface area contributed by atoms with Crippen LogP contribution in [0.25, 0.3) is 0 Å². The number of hydrogen-bond donors (Lipinski definition) is 1. The van der Waals surface area contributed by atoms with Crippen molar-refractivity contribution in [2.45, 2.75) is 112 Å². The third-order valence-corrected chi connectivity index (χ3v) is 11.8. The summed E-state index contributed by atoms with van der Waals surface area (Å²) < 4.78 is 0. The Morgan fingerprint density at radius 3 is 2.52 bits per heavy atom. The highest BCUT2D eigenvalue weighted by Crippen LogP contribution is 2.70. The van der Waals surface area contributed by atoms with Crippen molar-refractivity contribution >= 4 is 5.78 Å². The average Bonchev–Trinajstić information content (AvgIpc) is 3.10. The van der Waals surface area contributed by atoms with E-state index in [0.717, 1.165) is 54.3 Å². The largest absolute Gasteiger partial charge is 0.396 e. The smallest absolute Gasteiger partial charge is 0.133 e. The van der Waals surface area contributed by atoms with E-state index in [1.807, 2.05) is 0 Å². The Morgan fingerprint density at radius 1 is 1.00 bits per heavy atom. The summed E-state index contributed by atoms with van der Waals surface area (Å²) in [7, 11) is 0. The van der Waals surface area contributed by atoms with Gasteiger partial charge in [0, 0.05) is 19.4 Å². The Kier molecular flexibility index (Phi) is 6.99. The van der Waals surface area contributed by atoms with Crippen LogP contribution in [0.4, 0.5) is 0 Å². The van der Waals surface area contributed by atoms with Crippen LogP contribution >= 0.6 is 0 Å². The number of Topliss-reactive ketones (excluding diaryl/α,β-unsaturated/α-hetero) is 1. The molecule has 4 saturated carbocycles. The highest BCUT2D eigenvalue weighted by atomic mass is 16.3. The summed E-state index contributed by atoms with van der Waals surface area (Å²) in [5.41, 5.74) is 1.08. The van der Waals surface area contributed by atoms with Gasteiger partial charge in [0.15, 0.2) is 0 Å². The van der Waals surface area contributed by atoms with Gasteiger partial charge in [0.05, 0.1) is 0 Å². The molecule has 2 heteroatoms. The fourth-order valence-corrected chi connectivity index (χ4v) is 9.77. The Balaban J connectivity index is 1.47. The second-order valence-electron chi connectivity index (χ2n) is 13.1. The molecule has 0 amide bonds. The molecule has 4 aliphatic rings. The van der Waals surface area contributed by atoms with E-state index in [1.54, 1.807) is 0 Å². The van der Waals surface area contributed by atoms with Crippen molar-refractivity contribution in [2.75, 3.05) is 6.61 Å². The first-order valence-corrected chi connectivity index (χ1v) is 13.8. The lowest BCUT2D eigenvalue weighted by atomic mass is 9.42. The number of hydrogen-bond acceptors (Lipinski definition) is 2. The van der Waals surface area contributed by atoms with E-state index in [4.69, 9.17) is 5.11 Å². The van der Waals surface area contributed by atoms with Crippen molar-refractivity contribution in [1.29, 1.82) is 0 Å². The van der Waals surface area contributed by atoms with Crippen LogP contribution in [0.15, 0.2) is 0 Å². The summed E-state index contributed by atoms with van der Waals surface area (Å²) in [5, 5.41) is 9.00. The number of aliphatic hydroxyl groups excluding tert-OH is 1. The molecule has 4 fully saturated rings. The van der Waals surface area contributed by atoms with Gasteiger partial charge < -0.3 is 5.11 Å². The van der Waals surface area contributed by atoms with Crippen molar-refractivity contribution in [3.05, 3.63) is 0 Å². The lowest BCUT2D eigenvalue weighted by molar-refractivity contribution is -0.143. The highest BCUT2D eigenvalue weighted by Gasteiger charge is 2.62. The van der Waals surface area contributed by atoms with Gasteiger partial charge in [-0.1, -0.05) is 41.0 Å². The minimum atomic E-state index is 0.141. The molecule has 4 aliphatic carbocycles. The zero-order valence-electron chi connectivity index (χ0n) is 21.2. The number of fused-ring (bicyclic) bond motifs is 5. The topological polar surface area (TPSA) is 37.3 Å². The molecule has 1 N–H and O–H groups in total. The molecule has 10 atom stereocenters. The van der Waals surface area contributed by atoms with Crippen LogP contribution in [-0.4, -0.2) is 17.5 Å². The van der Waals surface area contributed by atoms with Gasteiger partial charge in [-0.3, -0.25) is 4.79 Å². The van der Waals surface area contributed by atoms with E-state index in [-0.39, 0.29) is 6.61 Å². The molecule has 0 saturated heterocycles. The monoisotopic (exact) mass is 430 g/mol. The fraction of sp³-hybridized carbons (Fsp3) is 0.966. The maximum Gasteiger partial charge on any atom is 0.133 e. The number of aliphatic hydroxyl groups is 1. The highest BCUT2D eigenvalue weighted by molar-refractivity contribution is 5.78. The van der Waals surface area contributed by atoms with E-state index in [0.29, 0.717) is 35.4 Å². The number of rotatable bonds is 7. The van der Waals surface area contributed by atoms with Crippen molar-refractivity contribution in [2.24, 2.45) is 58.2 Å². The molecular formula is C29H50O2.